The standard InChI is InChI=1S/C23H20N2O3S/c1-28-19-10-11-22-18(12-19)14-23(21-13-16-6-5-7-17(16)15-24-21)25(22)29(26,27)20-8-3-2-4-9-20/h2-4,8-15H,5-7H2,1H3. The maximum absolute atomic E-state index is 13.6. The molecule has 0 atom stereocenters. The molecule has 146 valence electrons. The molecule has 0 N–H and O–H groups in total. The summed E-state index contributed by atoms with van der Waals surface area (Å²) in [5, 5.41) is 0.793. The first-order chi connectivity index (χ1) is 14.1. The fraction of sp³-hybridized carbons (Fsp3) is 0.174. The highest BCUT2D eigenvalue weighted by molar-refractivity contribution is 7.90. The van der Waals surface area contributed by atoms with Crippen LogP contribution in [-0.2, 0) is 22.9 Å². The SMILES string of the molecule is COc1ccc2c(c1)cc(-c1cc3c(cn1)CCC3)n2S(=O)(=O)c1ccccc1. The topological polar surface area (TPSA) is 61.2 Å². The minimum atomic E-state index is -3.80. The van der Waals surface area contributed by atoms with Crippen LogP contribution in [0.4, 0.5) is 0 Å². The van der Waals surface area contributed by atoms with Crippen LogP contribution < -0.4 is 4.74 Å². The van der Waals surface area contributed by atoms with Gasteiger partial charge in [0.25, 0.3) is 10.0 Å². The first kappa shape index (κ1) is 17.9. The van der Waals surface area contributed by atoms with Gasteiger partial charge in [0.1, 0.15) is 5.75 Å². The van der Waals surface area contributed by atoms with Crippen molar-refractivity contribution in [1.82, 2.24) is 8.96 Å². The molecule has 0 saturated heterocycles. The van der Waals surface area contributed by atoms with Crippen LogP contribution in [0.1, 0.15) is 17.5 Å². The molecule has 2 aromatic carbocycles. The van der Waals surface area contributed by atoms with Crippen LogP contribution in [-0.4, -0.2) is 24.5 Å². The number of hydrogen-bond donors (Lipinski definition) is 0. The largest absolute Gasteiger partial charge is 0.497 e. The molecule has 0 unspecified atom stereocenters. The second kappa shape index (κ2) is 6.74. The summed E-state index contributed by atoms with van der Waals surface area (Å²) in [7, 11) is -2.20. The summed E-state index contributed by atoms with van der Waals surface area (Å²) in [6.07, 6.45) is 5.04. The maximum atomic E-state index is 13.6. The first-order valence-corrected chi connectivity index (χ1v) is 11.0. The van der Waals surface area contributed by atoms with Gasteiger partial charge in [-0.15, -0.1) is 0 Å². The van der Waals surface area contributed by atoms with Crippen LogP contribution >= 0.6 is 0 Å². The van der Waals surface area contributed by atoms with Crippen molar-refractivity contribution in [2.75, 3.05) is 7.11 Å². The van der Waals surface area contributed by atoms with E-state index < -0.39 is 10.0 Å². The zero-order valence-electron chi connectivity index (χ0n) is 16.0. The van der Waals surface area contributed by atoms with Gasteiger partial charge in [0.05, 0.1) is 28.9 Å². The number of aromatic nitrogens is 2. The number of nitrogens with zero attached hydrogens (tertiary/aromatic N) is 2. The summed E-state index contributed by atoms with van der Waals surface area (Å²) < 4.78 is 33.9. The summed E-state index contributed by atoms with van der Waals surface area (Å²) >= 11 is 0. The maximum Gasteiger partial charge on any atom is 0.268 e. The quantitative estimate of drug-likeness (QED) is 0.505. The number of benzene rings is 2. The van der Waals surface area contributed by atoms with E-state index in [1.54, 1.807) is 49.6 Å². The van der Waals surface area contributed by atoms with Crippen molar-refractivity contribution in [2.45, 2.75) is 24.2 Å². The lowest BCUT2D eigenvalue weighted by Gasteiger charge is -2.12. The third kappa shape index (κ3) is 2.91. The number of methoxy groups -OCH3 is 1. The molecule has 4 aromatic rings. The van der Waals surface area contributed by atoms with Crippen LogP contribution in [0.2, 0.25) is 0 Å². The lowest BCUT2D eigenvalue weighted by atomic mass is 10.1. The van der Waals surface area contributed by atoms with Crippen LogP contribution in [0.3, 0.4) is 0 Å². The van der Waals surface area contributed by atoms with Gasteiger partial charge in [-0.05, 0) is 72.9 Å². The summed E-state index contributed by atoms with van der Waals surface area (Å²) in [4.78, 5) is 4.86. The number of fused-ring (bicyclic) bond motifs is 2. The number of aryl methyl sites for hydroxylation is 2. The molecule has 29 heavy (non-hydrogen) atoms. The van der Waals surface area contributed by atoms with Crippen molar-refractivity contribution < 1.29 is 13.2 Å². The van der Waals surface area contributed by atoms with Gasteiger partial charge in [-0.1, -0.05) is 18.2 Å². The van der Waals surface area contributed by atoms with Gasteiger partial charge in [0, 0.05) is 11.6 Å². The average Bonchev–Trinajstić information content (AvgIpc) is 3.37. The molecule has 0 spiro atoms. The van der Waals surface area contributed by atoms with Crippen molar-refractivity contribution in [3.63, 3.8) is 0 Å². The highest BCUT2D eigenvalue weighted by Gasteiger charge is 2.25. The van der Waals surface area contributed by atoms with Gasteiger partial charge in [0.15, 0.2) is 0 Å². The van der Waals surface area contributed by atoms with Gasteiger partial charge in [-0.3, -0.25) is 4.98 Å². The predicted octanol–water partition coefficient (Wildman–Crippen LogP) is 4.44. The van der Waals surface area contributed by atoms with Gasteiger partial charge >= 0.3 is 0 Å². The molecule has 5 rings (SSSR count). The fourth-order valence-electron chi connectivity index (χ4n) is 4.02. The van der Waals surface area contributed by atoms with E-state index in [1.165, 1.54) is 15.1 Å². The first-order valence-electron chi connectivity index (χ1n) is 9.56. The third-order valence-electron chi connectivity index (χ3n) is 5.48. The molecule has 2 heterocycles. The molecule has 1 aliphatic rings. The van der Waals surface area contributed by atoms with Crippen molar-refractivity contribution in [2.24, 2.45) is 0 Å². The third-order valence-corrected chi connectivity index (χ3v) is 7.23. The van der Waals surface area contributed by atoms with Gasteiger partial charge in [-0.2, -0.15) is 0 Å². The van der Waals surface area contributed by atoms with E-state index in [0.29, 0.717) is 22.7 Å². The normalized spacial score (nSPS) is 13.6. The van der Waals surface area contributed by atoms with Crippen molar-refractivity contribution in [3.05, 3.63) is 78.0 Å². The molecular formula is C23H20N2O3S. The zero-order valence-corrected chi connectivity index (χ0v) is 16.8. The van der Waals surface area contributed by atoms with Crippen LogP contribution in [0, 0.1) is 0 Å². The monoisotopic (exact) mass is 404 g/mol. The summed E-state index contributed by atoms with van der Waals surface area (Å²) in [5.41, 5.74) is 4.34. The number of ether oxygens (including phenoxy) is 1. The van der Waals surface area contributed by atoms with E-state index in [0.717, 1.165) is 24.6 Å². The molecule has 0 amide bonds. The van der Waals surface area contributed by atoms with E-state index >= 15 is 0 Å². The molecule has 1 aliphatic carbocycles. The lowest BCUT2D eigenvalue weighted by Crippen LogP contribution is -2.14. The summed E-state index contributed by atoms with van der Waals surface area (Å²) in [5.74, 6) is 0.681. The number of pyridine rings is 1. The second-order valence-corrected chi connectivity index (χ2v) is 9.02. The molecule has 0 bridgehead atoms. The Morgan fingerprint density at radius 1 is 0.966 bits per heavy atom. The Morgan fingerprint density at radius 3 is 2.55 bits per heavy atom. The zero-order chi connectivity index (χ0) is 20.0. The van der Waals surface area contributed by atoms with E-state index in [1.807, 2.05) is 24.4 Å². The van der Waals surface area contributed by atoms with E-state index in [2.05, 4.69) is 4.98 Å². The van der Waals surface area contributed by atoms with Crippen molar-refractivity contribution in [3.8, 4) is 17.1 Å². The Hall–Kier alpha value is -3.12. The van der Waals surface area contributed by atoms with E-state index in [9.17, 15) is 8.42 Å². The number of rotatable bonds is 4. The minimum absolute atomic E-state index is 0.246. The Labute approximate surface area is 169 Å². The fourth-order valence-corrected chi connectivity index (χ4v) is 5.57. The Kier molecular flexibility index (Phi) is 4.17. The highest BCUT2D eigenvalue weighted by atomic mass is 32.2. The Morgan fingerprint density at radius 2 is 1.76 bits per heavy atom. The average molecular weight is 404 g/mol. The number of hydrogen-bond acceptors (Lipinski definition) is 4. The van der Waals surface area contributed by atoms with Crippen LogP contribution in [0.25, 0.3) is 22.3 Å². The Bertz CT molecular complexity index is 1330. The van der Waals surface area contributed by atoms with Crippen LogP contribution in [0.15, 0.2) is 71.8 Å². The molecule has 0 aliphatic heterocycles. The smallest absolute Gasteiger partial charge is 0.268 e. The molecule has 5 nitrogen and oxygen atoms in total. The molecule has 0 radical (unpaired) electrons. The highest BCUT2D eigenvalue weighted by Crippen LogP contribution is 2.34. The molecular weight excluding hydrogens is 384 g/mol. The molecule has 6 heteroatoms. The molecule has 2 aromatic heterocycles. The summed E-state index contributed by atoms with van der Waals surface area (Å²) in [6, 6.07) is 17.8. The predicted molar refractivity (Wildman–Crippen MR) is 113 cm³/mol. The van der Waals surface area contributed by atoms with E-state index in [-0.39, 0.29) is 4.90 Å². The van der Waals surface area contributed by atoms with Crippen molar-refractivity contribution in [1.29, 1.82) is 0 Å². The Balaban J connectivity index is 1.80. The van der Waals surface area contributed by atoms with Gasteiger partial charge in [0.2, 0.25) is 0 Å². The molecule has 0 fully saturated rings. The van der Waals surface area contributed by atoms with Crippen molar-refractivity contribution >= 4 is 20.9 Å². The van der Waals surface area contributed by atoms with Gasteiger partial charge < -0.3 is 4.74 Å². The minimum Gasteiger partial charge on any atom is -0.497 e. The summed E-state index contributed by atoms with van der Waals surface area (Å²) in [6.45, 7) is 0. The lowest BCUT2D eigenvalue weighted by molar-refractivity contribution is 0.415. The van der Waals surface area contributed by atoms with E-state index in [4.69, 9.17) is 4.74 Å². The second-order valence-electron chi connectivity index (χ2n) is 7.23. The van der Waals surface area contributed by atoms with Crippen LogP contribution in [0.5, 0.6) is 5.75 Å². The molecule has 0 saturated carbocycles. The van der Waals surface area contributed by atoms with Gasteiger partial charge in [-0.25, -0.2) is 12.4 Å².